The monoisotopic (exact) mass is 208 g/mol. The van der Waals surface area contributed by atoms with Crippen molar-refractivity contribution in [2.24, 2.45) is 0 Å². The van der Waals surface area contributed by atoms with Crippen LogP contribution >= 0.6 is 0 Å². The van der Waals surface area contributed by atoms with E-state index in [4.69, 9.17) is 6.42 Å². The number of nitrogens with zero attached hydrogens (tertiary/aromatic N) is 1. The number of piperazine rings is 1. The number of hydrogen-bond acceptors (Lipinski definition) is 2. The fourth-order valence-corrected chi connectivity index (χ4v) is 1.70. The van der Waals surface area contributed by atoms with Gasteiger partial charge in [0.25, 0.3) is 0 Å². The fourth-order valence-electron chi connectivity index (χ4n) is 1.70. The minimum atomic E-state index is -0.459. The lowest BCUT2D eigenvalue weighted by atomic mass is 10.1. The second-order valence-electron chi connectivity index (χ2n) is 3.73. The van der Waals surface area contributed by atoms with Crippen molar-refractivity contribution in [2.75, 3.05) is 6.54 Å². The summed E-state index contributed by atoms with van der Waals surface area (Å²) in [5.41, 5.74) is 0. The van der Waals surface area contributed by atoms with Crippen LogP contribution in [0.1, 0.15) is 26.7 Å². The number of carbonyl (C=O) groups excluding carboxylic acids is 2. The highest BCUT2D eigenvalue weighted by Crippen LogP contribution is 2.11. The van der Waals surface area contributed by atoms with Gasteiger partial charge < -0.3 is 10.2 Å². The first kappa shape index (κ1) is 11.6. The first-order chi connectivity index (χ1) is 7.10. The van der Waals surface area contributed by atoms with E-state index in [1.807, 2.05) is 6.92 Å². The Bertz CT molecular complexity index is 306. The molecule has 2 amide bonds. The maximum absolute atomic E-state index is 11.8. The predicted molar refractivity (Wildman–Crippen MR) is 56.8 cm³/mol. The summed E-state index contributed by atoms with van der Waals surface area (Å²) in [6, 6.07) is -0.713. The van der Waals surface area contributed by atoms with Gasteiger partial charge in [-0.05, 0) is 13.3 Å². The third-order valence-corrected chi connectivity index (χ3v) is 2.48. The summed E-state index contributed by atoms with van der Waals surface area (Å²) in [6.45, 7) is 3.76. The van der Waals surface area contributed by atoms with Gasteiger partial charge in [-0.1, -0.05) is 19.3 Å². The molecule has 0 aromatic heterocycles. The first-order valence-corrected chi connectivity index (χ1v) is 5.16. The molecule has 1 heterocycles. The molecular weight excluding hydrogens is 192 g/mol. The van der Waals surface area contributed by atoms with Gasteiger partial charge in [-0.2, -0.15) is 0 Å². The van der Waals surface area contributed by atoms with E-state index in [0.717, 1.165) is 12.8 Å². The van der Waals surface area contributed by atoms with Crippen LogP contribution in [0.5, 0.6) is 0 Å². The number of nitrogens with one attached hydrogen (secondary N) is 1. The molecule has 1 saturated heterocycles. The summed E-state index contributed by atoms with van der Waals surface area (Å²) >= 11 is 0. The first-order valence-electron chi connectivity index (χ1n) is 5.16. The highest BCUT2D eigenvalue weighted by Gasteiger charge is 2.32. The minimum Gasteiger partial charge on any atom is -0.343 e. The lowest BCUT2D eigenvalue weighted by molar-refractivity contribution is -0.145. The van der Waals surface area contributed by atoms with E-state index in [2.05, 4.69) is 11.2 Å². The molecule has 0 aromatic rings. The van der Waals surface area contributed by atoms with Gasteiger partial charge in [0.05, 0.1) is 6.04 Å². The summed E-state index contributed by atoms with van der Waals surface area (Å²) in [5, 5.41) is 2.58. The van der Waals surface area contributed by atoms with Gasteiger partial charge in [0, 0.05) is 0 Å². The zero-order chi connectivity index (χ0) is 11.4. The zero-order valence-corrected chi connectivity index (χ0v) is 9.12. The molecule has 1 aliphatic heterocycles. The Hall–Kier alpha value is -1.50. The molecule has 1 aliphatic rings. The molecule has 2 unspecified atom stereocenters. The van der Waals surface area contributed by atoms with Gasteiger partial charge in [-0.15, -0.1) is 6.42 Å². The van der Waals surface area contributed by atoms with Crippen molar-refractivity contribution in [1.82, 2.24) is 10.2 Å². The van der Waals surface area contributed by atoms with E-state index in [1.165, 1.54) is 4.90 Å². The smallest absolute Gasteiger partial charge is 0.246 e. The highest BCUT2D eigenvalue weighted by molar-refractivity contribution is 5.94. The number of terminal acetylenes is 1. The van der Waals surface area contributed by atoms with Crippen molar-refractivity contribution >= 4 is 11.8 Å². The number of carbonyl (C=O) groups is 2. The molecule has 0 spiro atoms. The molecule has 82 valence electrons. The Morgan fingerprint density at radius 3 is 2.87 bits per heavy atom. The second kappa shape index (κ2) is 4.83. The van der Waals surface area contributed by atoms with Gasteiger partial charge in [-0.3, -0.25) is 9.59 Å². The highest BCUT2D eigenvalue weighted by atomic mass is 16.2. The lowest BCUT2D eigenvalue weighted by Crippen LogP contribution is -2.59. The molecule has 0 radical (unpaired) electrons. The normalized spacial score (nSPS) is 23.3. The average Bonchev–Trinajstić information content (AvgIpc) is 2.20. The SMILES string of the molecule is C#CC(CCC)N1CC(=O)NC(C)C1=O. The Balaban J connectivity index is 2.78. The maximum Gasteiger partial charge on any atom is 0.246 e. The van der Waals surface area contributed by atoms with Gasteiger partial charge >= 0.3 is 0 Å². The van der Waals surface area contributed by atoms with E-state index >= 15 is 0 Å². The molecule has 0 aliphatic carbocycles. The van der Waals surface area contributed by atoms with E-state index in [1.54, 1.807) is 6.92 Å². The largest absolute Gasteiger partial charge is 0.343 e. The van der Waals surface area contributed by atoms with Crippen LogP contribution in [-0.4, -0.2) is 35.3 Å². The molecule has 0 bridgehead atoms. The summed E-state index contributed by atoms with van der Waals surface area (Å²) in [6.07, 6.45) is 7.00. The molecule has 15 heavy (non-hydrogen) atoms. The van der Waals surface area contributed by atoms with Gasteiger partial charge in [0.2, 0.25) is 11.8 Å². The molecule has 1 fully saturated rings. The maximum atomic E-state index is 11.8. The summed E-state index contributed by atoms with van der Waals surface area (Å²) < 4.78 is 0. The van der Waals surface area contributed by atoms with Crippen molar-refractivity contribution in [3.63, 3.8) is 0 Å². The molecule has 0 aromatic carbocycles. The Morgan fingerprint density at radius 1 is 1.67 bits per heavy atom. The van der Waals surface area contributed by atoms with Crippen LogP contribution < -0.4 is 5.32 Å². The summed E-state index contributed by atoms with van der Waals surface area (Å²) in [5.74, 6) is 2.34. The van der Waals surface area contributed by atoms with Crippen LogP contribution in [0.4, 0.5) is 0 Å². The molecule has 1 rings (SSSR count). The van der Waals surface area contributed by atoms with Crippen LogP contribution in [-0.2, 0) is 9.59 Å². The van der Waals surface area contributed by atoms with Crippen LogP contribution in [0, 0.1) is 12.3 Å². The third-order valence-electron chi connectivity index (χ3n) is 2.48. The van der Waals surface area contributed by atoms with Gasteiger partial charge in [-0.25, -0.2) is 0 Å². The van der Waals surface area contributed by atoms with Crippen molar-refractivity contribution in [1.29, 1.82) is 0 Å². The van der Waals surface area contributed by atoms with Crippen molar-refractivity contribution in [3.05, 3.63) is 0 Å². The molecular formula is C11H16N2O2. The molecule has 2 atom stereocenters. The molecule has 4 nitrogen and oxygen atoms in total. The number of amides is 2. The standard InChI is InChI=1S/C11H16N2O2/c1-4-6-9(5-2)13-7-10(14)12-8(3)11(13)15/h2,8-9H,4,6-7H2,1,3H3,(H,12,14). The Morgan fingerprint density at radius 2 is 2.33 bits per heavy atom. The quantitative estimate of drug-likeness (QED) is 0.670. The lowest BCUT2D eigenvalue weighted by Gasteiger charge is -2.34. The number of rotatable bonds is 3. The Labute approximate surface area is 90.0 Å². The summed E-state index contributed by atoms with van der Waals surface area (Å²) in [4.78, 5) is 24.5. The van der Waals surface area contributed by atoms with Crippen molar-refractivity contribution in [2.45, 2.75) is 38.8 Å². The molecule has 0 saturated carbocycles. The van der Waals surface area contributed by atoms with Gasteiger partial charge in [0.15, 0.2) is 0 Å². The van der Waals surface area contributed by atoms with Crippen LogP contribution in [0.3, 0.4) is 0 Å². The topological polar surface area (TPSA) is 49.4 Å². The van der Waals surface area contributed by atoms with E-state index in [9.17, 15) is 9.59 Å². The fraction of sp³-hybridized carbons (Fsp3) is 0.636. The zero-order valence-electron chi connectivity index (χ0n) is 9.12. The Kier molecular flexibility index (Phi) is 3.73. The third kappa shape index (κ3) is 2.50. The summed E-state index contributed by atoms with van der Waals surface area (Å²) in [7, 11) is 0. The van der Waals surface area contributed by atoms with E-state index in [-0.39, 0.29) is 24.4 Å². The second-order valence-corrected chi connectivity index (χ2v) is 3.73. The average molecular weight is 208 g/mol. The number of hydrogen-bond donors (Lipinski definition) is 1. The molecule has 4 heteroatoms. The minimum absolute atomic E-state index is 0.0814. The van der Waals surface area contributed by atoms with Crippen LogP contribution in [0.25, 0.3) is 0 Å². The van der Waals surface area contributed by atoms with Crippen molar-refractivity contribution < 1.29 is 9.59 Å². The van der Waals surface area contributed by atoms with Crippen LogP contribution in [0.2, 0.25) is 0 Å². The van der Waals surface area contributed by atoms with Gasteiger partial charge in [0.1, 0.15) is 12.6 Å². The van der Waals surface area contributed by atoms with E-state index in [0.29, 0.717) is 0 Å². The van der Waals surface area contributed by atoms with Crippen LogP contribution in [0.15, 0.2) is 0 Å². The van der Waals surface area contributed by atoms with E-state index < -0.39 is 6.04 Å². The molecule has 1 N–H and O–H groups in total. The van der Waals surface area contributed by atoms with Crippen molar-refractivity contribution in [3.8, 4) is 12.3 Å². The predicted octanol–water partition coefficient (Wildman–Crippen LogP) is 0.135.